The van der Waals surface area contributed by atoms with Crippen LogP contribution in [0.2, 0.25) is 10.0 Å². The van der Waals surface area contributed by atoms with Crippen molar-refractivity contribution in [1.82, 2.24) is 4.98 Å². The number of ether oxygens (including phenoxy) is 2. The molecular weight excluding hydrogens is 425 g/mol. The average molecular weight is 454 g/mol. The summed E-state index contributed by atoms with van der Waals surface area (Å²) in [6.45, 7) is 4.82. The highest BCUT2D eigenvalue weighted by atomic mass is 35.5. The van der Waals surface area contributed by atoms with Gasteiger partial charge in [-0.2, -0.15) is 0 Å². The van der Waals surface area contributed by atoms with Crippen LogP contribution >= 0.6 is 23.2 Å². The van der Waals surface area contributed by atoms with Gasteiger partial charge in [0.1, 0.15) is 5.82 Å². The lowest BCUT2D eigenvalue weighted by Gasteiger charge is -2.24. The fourth-order valence-electron chi connectivity index (χ4n) is 3.82. The predicted molar refractivity (Wildman–Crippen MR) is 123 cm³/mol. The molecule has 2 aromatic rings. The Bertz CT molecular complexity index is 866. The lowest BCUT2D eigenvalue weighted by atomic mass is 10.1. The van der Waals surface area contributed by atoms with E-state index in [1.54, 1.807) is 7.11 Å². The van der Waals surface area contributed by atoms with Crippen LogP contribution in [0.15, 0.2) is 18.2 Å². The van der Waals surface area contributed by atoms with Gasteiger partial charge in [0.15, 0.2) is 0 Å². The van der Waals surface area contributed by atoms with Crippen molar-refractivity contribution < 1.29 is 14.3 Å². The molecule has 0 saturated carbocycles. The second-order valence-electron chi connectivity index (χ2n) is 7.46. The highest BCUT2D eigenvalue weighted by molar-refractivity contribution is 6.45. The molecule has 0 N–H and O–H groups in total. The third kappa shape index (κ3) is 5.48. The highest BCUT2D eigenvalue weighted by Gasteiger charge is 2.21. The molecule has 2 fully saturated rings. The van der Waals surface area contributed by atoms with Gasteiger partial charge >= 0.3 is 5.97 Å². The number of nitrogens with zero attached hydrogens (tertiary/aromatic N) is 3. The number of carbonyl (C=O) groups is 1. The van der Waals surface area contributed by atoms with Gasteiger partial charge in [-0.25, -0.2) is 4.98 Å². The number of halogens is 2. The number of fused-ring (bicyclic) bond motifs is 1. The fourth-order valence-corrected chi connectivity index (χ4v) is 4.18. The third-order valence-corrected chi connectivity index (χ3v) is 6.25. The van der Waals surface area contributed by atoms with Gasteiger partial charge in [0, 0.05) is 50.4 Å². The zero-order chi connectivity index (χ0) is 21.5. The number of anilines is 2. The van der Waals surface area contributed by atoms with E-state index < -0.39 is 0 Å². The van der Waals surface area contributed by atoms with Crippen LogP contribution in [0, 0.1) is 0 Å². The molecule has 164 valence electrons. The smallest absolute Gasteiger partial charge is 0.307 e. The molecule has 2 aliphatic rings. The predicted octanol–water partition coefficient (Wildman–Crippen LogP) is 4.94. The number of rotatable bonds is 5. The van der Waals surface area contributed by atoms with Gasteiger partial charge in [0.05, 0.1) is 35.7 Å². The lowest BCUT2D eigenvalue weighted by Crippen LogP contribution is -2.22. The Hall–Kier alpha value is -1.76. The number of hydrogen-bond donors (Lipinski definition) is 0. The summed E-state index contributed by atoms with van der Waals surface area (Å²) in [6.07, 6.45) is 5.32. The van der Waals surface area contributed by atoms with E-state index in [1.165, 1.54) is 38.5 Å². The number of aromatic nitrogens is 1. The summed E-state index contributed by atoms with van der Waals surface area (Å²) >= 11 is 12.7. The average Bonchev–Trinajstić information content (AvgIpc) is 3.49. The summed E-state index contributed by atoms with van der Waals surface area (Å²) in [5.41, 5.74) is 2.09. The zero-order valence-corrected chi connectivity index (χ0v) is 19.1. The maximum absolute atomic E-state index is 10.3. The van der Waals surface area contributed by atoms with Crippen LogP contribution in [0.5, 0.6) is 0 Å². The Labute approximate surface area is 188 Å². The van der Waals surface area contributed by atoms with Crippen molar-refractivity contribution in [2.75, 3.05) is 56.8 Å². The van der Waals surface area contributed by atoms with Crippen molar-refractivity contribution in [2.45, 2.75) is 32.1 Å². The van der Waals surface area contributed by atoms with Crippen LogP contribution in [0.3, 0.4) is 0 Å². The molecule has 6 nitrogen and oxygen atoms in total. The first-order valence-electron chi connectivity index (χ1n) is 10.4. The fraction of sp³-hybridized carbons (Fsp3) is 0.545. The standard InChI is InChI=1S/C17H19Cl2N3.C5H10O3/c18-13-6-5-12-14(21-7-1-2-8-21)11-15(20-17(12)16(13)19)22-9-3-4-10-22;1-7-4-3-5(6)8-2/h5-6,11H,1-4,7-10H2;3-4H2,1-2H3. The van der Waals surface area contributed by atoms with E-state index in [4.69, 9.17) is 28.2 Å². The minimum Gasteiger partial charge on any atom is -0.469 e. The molecule has 1 aromatic carbocycles. The number of pyridine rings is 1. The van der Waals surface area contributed by atoms with Crippen molar-refractivity contribution in [2.24, 2.45) is 0 Å². The van der Waals surface area contributed by atoms with Crippen molar-refractivity contribution >= 4 is 51.6 Å². The lowest BCUT2D eigenvalue weighted by molar-refractivity contribution is -0.141. The third-order valence-electron chi connectivity index (χ3n) is 5.45. The van der Waals surface area contributed by atoms with Gasteiger partial charge < -0.3 is 19.3 Å². The van der Waals surface area contributed by atoms with E-state index in [0.717, 1.165) is 42.9 Å². The second-order valence-corrected chi connectivity index (χ2v) is 8.25. The van der Waals surface area contributed by atoms with Crippen LogP contribution < -0.4 is 9.80 Å². The number of benzene rings is 1. The molecule has 0 atom stereocenters. The monoisotopic (exact) mass is 453 g/mol. The Kier molecular flexibility index (Phi) is 8.42. The summed E-state index contributed by atoms with van der Waals surface area (Å²) in [6, 6.07) is 6.17. The van der Waals surface area contributed by atoms with Crippen LogP contribution in [0.1, 0.15) is 32.1 Å². The molecule has 4 rings (SSSR count). The minimum atomic E-state index is -0.230. The maximum atomic E-state index is 10.3. The van der Waals surface area contributed by atoms with Gasteiger partial charge in [-0.05, 0) is 37.8 Å². The quantitative estimate of drug-likeness (QED) is 0.597. The van der Waals surface area contributed by atoms with Gasteiger partial charge in [-0.1, -0.05) is 23.2 Å². The molecular formula is C22H29Cl2N3O3. The van der Waals surface area contributed by atoms with E-state index in [2.05, 4.69) is 31.4 Å². The van der Waals surface area contributed by atoms with Crippen LogP contribution in [-0.2, 0) is 14.3 Å². The number of esters is 1. The normalized spacial score (nSPS) is 16.0. The summed E-state index contributed by atoms with van der Waals surface area (Å²) < 4.78 is 8.95. The van der Waals surface area contributed by atoms with E-state index in [9.17, 15) is 4.79 Å². The molecule has 2 saturated heterocycles. The summed E-state index contributed by atoms with van der Waals surface area (Å²) in [5, 5.41) is 2.26. The highest BCUT2D eigenvalue weighted by Crippen LogP contribution is 2.38. The van der Waals surface area contributed by atoms with Crippen molar-refractivity contribution in [3.05, 3.63) is 28.2 Å². The minimum absolute atomic E-state index is 0.230. The molecule has 1 aromatic heterocycles. The Morgan fingerprint density at radius 3 is 2.27 bits per heavy atom. The molecule has 0 bridgehead atoms. The molecule has 0 amide bonds. The summed E-state index contributed by atoms with van der Waals surface area (Å²) in [7, 11) is 2.90. The van der Waals surface area contributed by atoms with Crippen LogP contribution in [-0.4, -0.2) is 58.0 Å². The van der Waals surface area contributed by atoms with Crippen molar-refractivity contribution in [3.63, 3.8) is 0 Å². The summed E-state index contributed by atoms with van der Waals surface area (Å²) in [4.78, 5) is 19.9. The van der Waals surface area contributed by atoms with Crippen molar-refractivity contribution in [1.29, 1.82) is 0 Å². The summed E-state index contributed by atoms with van der Waals surface area (Å²) in [5.74, 6) is 0.808. The second kappa shape index (κ2) is 11.0. The van der Waals surface area contributed by atoms with Gasteiger partial charge in [-0.3, -0.25) is 4.79 Å². The van der Waals surface area contributed by atoms with Gasteiger partial charge in [0.2, 0.25) is 0 Å². The molecule has 0 spiro atoms. The van der Waals surface area contributed by atoms with E-state index in [0.29, 0.717) is 23.1 Å². The first-order chi connectivity index (χ1) is 14.5. The topological polar surface area (TPSA) is 54.9 Å². The van der Waals surface area contributed by atoms with Crippen molar-refractivity contribution in [3.8, 4) is 0 Å². The number of methoxy groups -OCH3 is 2. The van der Waals surface area contributed by atoms with Crippen LogP contribution in [0.25, 0.3) is 10.9 Å². The molecule has 8 heteroatoms. The van der Waals surface area contributed by atoms with E-state index in [1.807, 2.05) is 6.07 Å². The zero-order valence-electron chi connectivity index (χ0n) is 17.6. The van der Waals surface area contributed by atoms with E-state index in [-0.39, 0.29) is 5.97 Å². The first-order valence-corrected chi connectivity index (χ1v) is 11.1. The van der Waals surface area contributed by atoms with Crippen LogP contribution in [0.4, 0.5) is 11.5 Å². The molecule has 0 unspecified atom stereocenters. The maximum Gasteiger partial charge on any atom is 0.307 e. The molecule has 2 aliphatic heterocycles. The largest absolute Gasteiger partial charge is 0.469 e. The number of hydrogen-bond acceptors (Lipinski definition) is 6. The van der Waals surface area contributed by atoms with Gasteiger partial charge in [-0.15, -0.1) is 0 Å². The SMILES string of the molecule is COCCC(=O)OC.Clc1ccc2c(N3CCCC3)cc(N3CCCC3)nc2c1Cl. The van der Waals surface area contributed by atoms with Gasteiger partial charge in [0.25, 0.3) is 0 Å². The number of carbonyl (C=O) groups excluding carboxylic acids is 1. The van der Waals surface area contributed by atoms with E-state index >= 15 is 0 Å². The Morgan fingerprint density at radius 1 is 1.03 bits per heavy atom. The Morgan fingerprint density at radius 2 is 1.67 bits per heavy atom. The molecule has 3 heterocycles. The molecule has 30 heavy (non-hydrogen) atoms. The Balaban J connectivity index is 0.000000275. The first kappa shape index (κ1) is 22.9. The molecule has 0 radical (unpaired) electrons. The molecule has 0 aliphatic carbocycles.